The number of hydrogen-bond acceptors (Lipinski definition) is 5. The van der Waals surface area contributed by atoms with Crippen molar-refractivity contribution in [1.29, 1.82) is 0 Å². The minimum atomic E-state index is -4.08. The van der Waals surface area contributed by atoms with E-state index in [1.165, 1.54) is 12.1 Å². The Labute approximate surface area is 128 Å². The summed E-state index contributed by atoms with van der Waals surface area (Å²) in [6.07, 6.45) is 0. The van der Waals surface area contributed by atoms with Gasteiger partial charge in [-0.15, -0.1) is 0 Å². The molecule has 2 aromatic carbocycles. The number of primary sulfonamides is 1. The molecule has 8 heteroatoms. The fourth-order valence-corrected chi connectivity index (χ4v) is 2.76. The van der Waals surface area contributed by atoms with Crippen molar-refractivity contribution < 1.29 is 13.3 Å². The van der Waals surface area contributed by atoms with Gasteiger partial charge in [-0.25, -0.2) is 13.6 Å². The molecule has 1 atom stereocenters. The van der Waals surface area contributed by atoms with Crippen molar-refractivity contribution in [3.63, 3.8) is 0 Å². The lowest BCUT2D eigenvalue weighted by molar-refractivity contribution is -0.385. The molecule has 0 heterocycles. The molecule has 3 N–H and O–H groups in total. The molecular weight excluding hydrogens is 306 g/mol. The Morgan fingerprint density at radius 3 is 2.36 bits per heavy atom. The van der Waals surface area contributed by atoms with Gasteiger partial charge in [-0.3, -0.25) is 10.1 Å². The molecule has 0 saturated heterocycles. The lowest BCUT2D eigenvalue weighted by atomic mass is 10.1. The molecule has 2 rings (SSSR count). The van der Waals surface area contributed by atoms with Gasteiger partial charge in [-0.05, 0) is 18.6 Å². The highest BCUT2D eigenvalue weighted by Gasteiger charge is 2.20. The van der Waals surface area contributed by atoms with Gasteiger partial charge in [0, 0.05) is 18.2 Å². The minimum absolute atomic E-state index is 0.192. The first-order valence-corrected chi connectivity index (χ1v) is 7.96. The van der Waals surface area contributed by atoms with Crippen molar-refractivity contribution >= 4 is 21.4 Å². The first-order chi connectivity index (χ1) is 10.3. The average molecular weight is 321 g/mol. The standard InChI is InChI=1S/C14H15N3O4S/c1-10(11-5-3-2-4-6-11)16-13-8-7-12(17(18)19)9-14(13)22(15,20)21/h2-10,16H,1H3,(H2,15,20,21)/t10-/m1/s1. The maximum atomic E-state index is 11.7. The van der Waals surface area contributed by atoms with Gasteiger partial charge in [0.2, 0.25) is 10.0 Å². The van der Waals surface area contributed by atoms with E-state index in [1.54, 1.807) is 0 Å². The molecule has 7 nitrogen and oxygen atoms in total. The number of rotatable bonds is 5. The number of nitrogens with one attached hydrogen (secondary N) is 1. The highest BCUT2D eigenvalue weighted by Crippen LogP contribution is 2.28. The molecule has 0 aliphatic rings. The van der Waals surface area contributed by atoms with Crippen molar-refractivity contribution in [3.8, 4) is 0 Å². The SMILES string of the molecule is C[C@@H](Nc1ccc([N+](=O)[O-])cc1S(N)(=O)=O)c1ccccc1. The summed E-state index contributed by atoms with van der Waals surface area (Å²) in [6.45, 7) is 1.85. The van der Waals surface area contributed by atoms with Crippen LogP contribution in [0.25, 0.3) is 0 Å². The van der Waals surface area contributed by atoms with Crippen LogP contribution in [0, 0.1) is 10.1 Å². The Kier molecular flexibility index (Phi) is 4.43. The lowest BCUT2D eigenvalue weighted by Gasteiger charge is -2.17. The van der Waals surface area contributed by atoms with E-state index in [2.05, 4.69) is 5.32 Å². The fourth-order valence-electron chi connectivity index (χ4n) is 2.04. The van der Waals surface area contributed by atoms with Gasteiger partial charge in [-0.1, -0.05) is 30.3 Å². The average Bonchev–Trinajstić information content (AvgIpc) is 2.47. The predicted octanol–water partition coefficient (Wildman–Crippen LogP) is 2.42. The lowest BCUT2D eigenvalue weighted by Crippen LogP contribution is -2.16. The molecule has 0 aromatic heterocycles. The largest absolute Gasteiger partial charge is 0.377 e. The zero-order valence-corrected chi connectivity index (χ0v) is 12.6. The van der Waals surface area contributed by atoms with Gasteiger partial charge >= 0.3 is 0 Å². The summed E-state index contributed by atoms with van der Waals surface area (Å²) in [5.41, 5.74) is 0.840. The van der Waals surface area contributed by atoms with E-state index in [1.807, 2.05) is 37.3 Å². The number of nitro groups is 1. The first kappa shape index (κ1) is 15.9. The Morgan fingerprint density at radius 1 is 1.18 bits per heavy atom. The summed E-state index contributed by atoms with van der Waals surface area (Å²) >= 11 is 0. The van der Waals surface area contributed by atoms with Crippen molar-refractivity contribution in [2.45, 2.75) is 17.9 Å². The van der Waals surface area contributed by atoms with Crippen LogP contribution in [0.15, 0.2) is 53.4 Å². The highest BCUT2D eigenvalue weighted by molar-refractivity contribution is 7.89. The van der Waals surface area contributed by atoms with Crippen LogP contribution in [0.5, 0.6) is 0 Å². The third kappa shape index (κ3) is 3.60. The summed E-state index contributed by atoms with van der Waals surface area (Å²) in [7, 11) is -4.08. The Morgan fingerprint density at radius 2 is 1.82 bits per heavy atom. The number of hydrogen-bond donors (Lipinski definition) is 2. The van der Waals surface area contributed by atoms with E-state index in [0.717, 1.165) is 11.6 Å². The van der Waals surface area contributed by atoms with Gasteiger partial charge in [0.05, 0.1) is 10.6 Å². The Hall–Kier alpha value is -2.45. The molecule has 0 amide bonds. The number of benzene rings is 2. The van der Waals surface area contributed by atoms with Crippen LogP contribution >= 0.6 is 0 Å². The molecule has 0 bridgehead atoms. The highest BCUT2D eigenvalue weighted by atomic mass is 32.2. The van der Waals surface area contributed by atoms with Crippen LogP contribution < -0.4 is 10.5 Å². The number of nitro benzene ring substituents is 1. The minimum Gasteiger partial charge on any atom is -0.377 e. The summed E-state index contributed by atoms with van der Waals surface area (Å²) in [5.74, 6) is 0. The molecule has 0 aliphatic heterocycles. The molecular formula is C14H15N3O4S. The number of nitrogens with zero attached hydrogens (tertiary/aromatic N) is 1. The van der Waals surface area contributed by atoms with Crippen LogP contribution in [0.3, 0.4) is 0 Å². The van der Waals surface area contributed by atoms with Gasteiger partial charge in [0.1, 0.15) is 4.90 Å². The maximum Gasteiger partial charge on any atom is 0.270 e. The molecule has 22 heavy (non-hydrogen) atoms. The second kappa shape index (κ2) is 6.12. The van der Waals surface area contributed by atoms with Crippen LogP contribution in [0.1, 0.15) is 18.5 Å². The van der Waals surface area contributed by atoms with Crippen LogP contribution in [0.2, 0.25) is 0 Å². The van der Waals surface area contributed by atoms with Gasteiger partial charge in [0.25, 0.3) is 5.69 Å². The first-order valence-electron chi connectivity index (χ1n) is 6.42. The second-order valence-corrected chi connectivity index (χ2v) is 6.29. The quantitative estimate of drug-likeness (QED) is 0.648. The van der Waals surface area contributed by atoms with Crippen molar-refractivity contribution in [2.24, 2.45) is 5.14 Å². The zero-order valence-electron chi connectivity index (χ0n) is 11.8. The summed E-state index contributed by atoms with van der Waals surface area (Å²) < 4.78 is 23.3. The number of nitrogens with two attached hydrogens (primary N) is 1. The normalized spacial score (nSPS) is 12.6. The molecule has 0 saturated carbocycles. The molecule has 2 aromatic rings. The summed E-state index contributed by atoms with van der Waals surface area (Å²) in [6, 6.07) is 12.7. The fraction of sp³-hybridized carbons (Fsp3) is 0.143. The zero-order chi connectivity index (χ0) is 16.3. The van der Waals surface area contributed by atoms with Gasteiger partial charge in [-0.2, -0.15) is 0 Å². The van der Waals surface area contributed by atoms with Crippen LogP contribution in [-0.4, -0.2) is 13.3 Å². The van der Waals surface area contributed by atoms with E-state index in [-0.39, 0.29) is 22.3 Å². The number of anilines is 1. The number of sulfonamides is 1. The monoisotopic (exact) mass is 321 g/mol. The van der Waals surface area contributed by atoms with Crippen molar-refractivity contribution in [1.82, 2.24) is 0 Å². The van der Waals surface area contributed by atoms with E-state index in [9.17, 15) is 18.5 Å². The Bertz CT molecular complexity index is 791. The third-order valence-electron chi connectivity index (χ3n) is 3.15. The molecule has 0 spiro atoms. The molecule has 0 unspecified atom stereocenters. The third-order valence-corrected chi connectivity index (χ3v) is 4.10. The van der Waals surface area contributed by atoms with Crippen LogP contribution in [0.4, 0.5) is 11.4 Å². The van der Waals surface area contributed by atoms with Gasteiger partial charge < -0.3 is 5.32 Å². The second-order valence-electron chi connectivity index (χ2n) is 4.76. The van der Waals surface area contributed by atoms with E-state index in [0.29, 0.717) is 0 Å². The topological polar surface area (TPSA) is 115 Å². The van der Waals surface area contributed by atoms with Crippen molar-refractivity contribution in [3.05, 3.63) is 64.2 Å². The predicted molar refractivity (Wildman–Crippen MR) is 82.9 cm³/mol. The molecule has 116 valence electrons. The Balaban J connectivity index is 2.41. The van der Waals surface area contributed by atoms with E-state index >= 15 is 0 Å². The van der Waals surface area contributed by atoms with Gasteiger partial charge in [0.15, 0.2) is 0 Å². The molecule has 0 radical (unpaired) electrons. The molecule has 0 fully saturated rings. The molecule has 0 aliphatic carbocycles. The summed E-state index contributed by atoms with van der Waals surface area (Å²) in [4.78, 5) is 9.82. The van der Waals surface area contributed by atoms with Crippen molar-refractivity contribution in [2.75, 3.05) is 5.32 Å². The van der Waals surface area contributed by atoms with Crippen LogP contribution in [-0.2, 0) is 10.0 Å². The van der Waals surface area contributed by atoms with E-state index < -0.39 is 14.9 Å². The number of non-ortho nitro benzene ring substituents is 1. The smallest absolute Gasteiger partial charge is 0.270 e. The summed E-state index contributed by atoms with van der Waals surface area (Å²) in [5, 5.41) is 19.0. The van der Waals surface area contributed by atoms with E-state index in [4.69, 9.17) is 5.14 Å². The maximum absolute atomic E-state index is 11.7.